The molecular weight excluding hydrogens is 442 g/mol. The SMILES string of the molecule is O=C(NC1CCN(C(=O)c2ccnc(-c3cnn4ccsc34)n2)C(NC2COC2)C1)C1CC1. The second kappa shape index (κ2) is 8.47. The van der Waals surface area contributed by atoms with Crippen LogP contribution in [0.3, 0.4) is 0 Å². The maximum Gasteiger partial charge on any atom is 0.273 e. The van der Waals surface area contributed by atoms with Crippen molar-refractivity contribution in [2.75, 3.05) is 19.8 Å². The molecular formula is C22H25N7O3S. The van der Waals surface area contributed by atoms with Gasteiger partial charge in [0.05, 0.1) is 37.2 Å². The van der Waals surface area contributed by atoms with Crippen molar-refractivity contribution in [1.82, 2.24) is 35.1 Å². The summed E-state index contributed by atoms with van der Waals surface area (Å²) >= 11 is 1.55. The van der Waals surface area contributed by atoms with Crippen molar-refractivity contribution in [3.63, 3.8) is 0 Å². The molecule has 5 heterocycles. The Morgan fingerprint density at radius 3 is 2.85 bits per heavy atom. The van der Waals surface area contributed by atoms with Crippen molar-refractivity contribution >= 4 is 28.0 Å². The highest BCUT2D eigenvalue weighted by Gasteiger charge is 2.37. The molecule has 0 bridgehead atoms. The molecule has 2 unspecified atom stereocenters. The molecule has 2 atom stereocenters. The van der Waals surface area contributed by atoms with Crippen LogP contribution in [-0.2, 0) is 9.53 Å². The minimum atomic E-state index is -0.191. The monoisotopic (exact) mass is 467 g/mol. The summed E-state index contributed by atoms with van der Waals surface area (Å²) in [5, 5.41) is 13.0. The molecule has 2 aliphatic heterocycles. The van der Waals surface area contributed by atoms with Crippen molar-refractivity contribution in [2.45, 2.75) is 43.9 Å². The Morgan fingerprint density at radius 1 is 1.18 bits per heavy atom. The molecule has 11 heteroatoms. The molecule has 2 saturated heterocycles. The van der Waals surface area contributed by atoms with Gasteiger partial charge >= 0.3 is 0 Å². The predicted molar refractivity (Wildman–Crippen MR) is 121 cm³/mol. The van der Waals surface area contributed by atoms with Crippen LogP contribution in [0.15, 0.2) is 30.0 Å². The van der Waals surface area contributed by atoms with E-state index in [2.05, 4.69) is 25.7 Å². The molecule has 3 aliphatic rings. The Morgan fingerprint density at radius 2 is 2.06 bits per heavy atom. The summed E-state index contributed by atoms with van der Waals surface area (Å²) in [4.78, 5) is 37.6. The first-order valence-electron chi connectivity index (χ1n) is 11.3. The van der Waals surface area contributed by atoms with Crippen molar-refractivity contribution in [3.05, 3.63) is 35.7 Å². The number of piperidine rings is 1. The van der Waals surface area contributed by atoms with E-state index in [0.29, 0.717) is 37.7 Å². The molecule has 2 amide bonds. The Balaban J connectivity index is 1.22. The number of nitrogens with one attached hydrogen (secondary N) is 2. The van der Waals surface area contributed by atoms with Gasteiger partial charge in [0.1, 0.15) is 10.5 Å². The van der Waals surface area contributed by atoms with Gasteiger partial charge in [-0.05, 0) is 25.3 Å². The number of carbonyl (C=O) groups excluding carboxylic acids is 2. The summed E-state index contributed by atoms with van der Waals surface area (Å²) in [5.74, 6) is 0.668. The van der Waals surface area contributed by atoms with Gasteiger partial charge in [-0.1, -0.05) is 0 Å². The van der Waals surface area contributed by atoms with Gasteiger partial charge in [0, 0.05) is 42.7 Å². The van der Waals surface area contributed by atoms with Crippen LogP contribution in [0.5, 0.6) is 0 Å². The van der Waals surface area contributed by atoms with Gasteiger partial charge in [-0.3, -0.25) is 14.9 Å². The van der Waals surface area contributed by atoms with Gasteiger partial charge in [0.2, 0.25) is 5.91 Å². The molecule has 0 radical (unpaired) electrons. The highest BCUT2D eigenvalue weighted by atomic mass is 32.1. The van der Waals surface area contributed by atoms with Crippen LogP contribution in [0.25, 0.3) is 16.2 Å². The molecule has 3 aromatic heterocycles. The zero-order valence-corrected chi connectivity index (χ0v) is 18.8. The first-order chi connectivity index (χ1) is 16.2. The lowest BCUT2D eigenvalue weighted by Gasteiger charge is -2.43. The van der Waals surface area contributed by atoms with Crippen LogP contribution in [0.4, 0.5) is 0 Å². The summed E-state index contributed by atoms with van der Waals surface area (Å²) in [6.45, 7) is 1.81. The zero-order valence-electron chi connectivity index (χ0n) is 18.0. The highest BCUT2D eigenvalue weighted by Crippen LogP contribution is 2.30. The number of aromatic nitrogens is 4. The van der Waals surface area contributed by atoms with Gasteiger partial charge in [0.25, 0.3) is 5.91 Å². The van der Waals surface area contributed by atoms with E-state index in [1.54, 1.807) is 34.3 Å². The van der Waals surface area contributed by atoms with Crippen LogP contribution in [0.2, 0.25) is 0 Å². The minimum Gasteiger partial charge on any atom is -0.378 e. The van der Waals surface area contributed by atoms with E-state index in [1.807, 2.05) is 16.5 Å². The number of fused-ring (bicyclic) bond motifs is 1. The second-order valence-corrected chi connectivity index (χ2v) is 9.79. The molecule has 33 heavy (non-hydrogen) atoms. The third kappa shape index (κ3) is 4.11. The van der Waals surface area contributed by atoms with Gasteiger partial charge in [0.15, 0.2) is 5.82 Å². The smallest absolute Gasteiger partial charge is 0.273 e. The lowest BCUT2D eigenvalue weighted by atomic mass is 10.00. The summed E-state index contributed by atoms with van der Waals surface area (Å²) in [6, 6.07) is 1.93. The molecule has 6 rings (SSSR count). The fourth-order valence-electron chi connectivity index (χ4n) is 4.40. The van der Waals surface area contributed by atoms with E-state index < -0.39 is 0 Å². The standard InChI is InChI=1S/C22H25N7O3S/c30-20(13-1-2-13)26-14-4-6-28(18(9-14)25-15-11-32-12-15)21(31)17-3-5-23-19(27-17)16-10-24-29-7-8-33-22(16)29/h3,5,7-8,10,13-15,18,25H,1-2,4,6,9,11-12H2,(H,26,30). The maximum atomic E-state index is 13.5. The van der Waals surface area contributed by atoms with Crippen molar-refractivity contribution in [1.29, 1.82) is 0 Å². The van der Waals surface area contributed by atoms with E-state index in [1.165, 1.54) is 0 Å². The minimum absolute atomic E-state index is 0.0566. The highest BCUT2D eigenvalue weighted by molar-refractivity contribution is 7.16. The van der Waals surface area contributed by atoms with Crippen LogP contribution in [0.1, 0.15) is 36.2 Å². The van der Waals surface area contributed by atoms with Gasteiger partial charge in [-0.2, -0.15) is 5.10 Å². The van der Waals surface area contributed by atoms with Crippen LogP contribution >= 0.6 is 11.3 Å². The molecule has 10 nitrogen and oxygen atoms in total. The number of thiazole rings is 1. The molecule has 172 valence electrons. The maximum absolute atomic E-state index is 13.5. The van der Waals surface area contributed by atoms with E-state index in [4.69, 9.17) is 4.74 Å². The quantitative estimate of drug-likeness (QED) is 0.562. The number of carbonyl (C=O) groups is 2. The van der Waals surface area contributed by atoms with Crippen molar-refractivity contribution in [2.24, 2.45) is 5.92 Å². The number of rotatable bonds is 6. The number of amides is 2. The summed E-state index contributed by atoms with van der Waals surface area (Å²) in [6.07, 6.45) is 8.39. The first-order valence-corrected chi connectivity index (χ1v) is 12.2. The number of hydrogen-bond donors (Lipinski definition) is 2. The second-order valence-electron chi connectivity index (χ2n) is 8.90. The van der Waals surface area contributed by atoms with Crippen molar-refractivity contribution < 1.29 is 14.3 Å². The average molecular weight is 468 g/mol. The normalized spacial score (nSPS) is 23.5. The van der Waals surface area contributed by atoms with Crippen LogP contribution in [-0.4, -0.2) is 74.3 Å². The lowest BCUT2D eigenvalue weighted by molar-refractivity contribution is -0.123. The number of ether oxygens (including phenoxy) is 1. The van der Waals surface area contributed by atoms with E-state index in [9.17, 15) is 9.59 Å². The van der Waals surface area contributed by atoms with Gasteiger partial charge in [-0.25, -0.2) is 14.5 Å². The van der Waals surface area contributed by atoms with E-state index >= 15 is 0 Å². The third-order valence-electron chi connectivity index (χ3n) is 6.47. The third-order valence-corrected chi connectivity index (χ3v) is 7.36. The molecule has 1 aliphatic carbocycles. The Hall–Kier alpha value is -2.89. The van der Waals surface area contributed by atoms with E-state index in [-0.39, 0.29) is 36.0 Å². The summed E-state index contributed by atoms with van der Waals surface area (Å²) in [7, 11) is 0. The molecule has 3 fully saturated rings. The lowest BCUT2D eigenvalue weighted by Crippen LogP contribution is -2.62. The fourth-order valence-corrected chi connectivity index (χ4v) is 5.19. The zero-order chi connectivity index (χ0) is 22.4. The predicted octanol–water partition coefficient (Wildman–Crippen LogP) is 1.30. The summed E-state index contributed by atoms with van der Waals surface area (Å²) < 4.78 is 7.09. The van der Waals surface area contributed by atoms with Crippen LogP contribution < -0.4 is 10.6 Å². The molecule has 0 aromatic carbocycles. The van der Waals surface area contributed by atoms with E-state index in [0.717, 1.165) is 29.7 Å². The number of hydrogen-bond acceptors (Lipinski definition) is 8. The topological polar surface area (TPSA) is 114 Å². The van der Waals surface area contributed by atoms with Crippen LogP contribution in [0, 0.1) is 5.92 Å². The average Bonchev–Trinajstić information content (AvgIpc) is 3.42. The largest absolute Gasteiger partial charge is 0.378 e. The van der Waals surface area contributed by atoms with Crippen molar-refractivity contribution in [3.8, 4) is 11.4 Å². The molecule has 0 spiro atoms. The first kappa shape index (κ1) is 20.7. The Kier molecular flexibility index (Phi) is 5.31. The van der Waals surface area contributed by atoms with Gasteiger partial charge < -0.3 is 15.0 Å². The molecule has 3 aromatic rings. The van der Waals surface area contributed by atoms with Gasteiger partial charge in [-0.15, -0.1) is 11.3 Å². The molecule has 2 N–H and O–H groups in total. The Bertz CT molecular complexity index is 1190. The Labute approximate surface area is 194 Å². The summed E-state index contributed by atoms with van der Waals surface area (Å²) in [5.41, 5.74) is 1.16. The molecule has 1 saturated carbocycles. The number of likely N-dealkylation sites (tertiary alicyclic amines) is 1. The fraction of sp³-hybridized carbons (Fsp3) is 0.500. The number of nitrogens with zero attached hydrogens (tertiary/aromatic N) is 5.